The van der Waals surface area contributed by atoms with E-state index in [-0.39, 0.29) is 0 Å². The molecule has 334 valence electrons. The smallest absolute Gasteiger partial charge is 0.181 e. The highest BCUT2D eigenvalue weighted by atomic mass is 32.1. The molecule has 0 bridgehead atoms. The van der Waals surface area contributed by atoms with Crippen LogP contribution in [0, 0.1) is 0 Å². The predicted molar refractivity (Wildman–Crippen MR) is 314 cm³/mol. The van der Waals surface area contributed by atoms with Crippen LogP contribution in [0.25, 0.3) is 67.8 Å². The first-order chi connectivity index (χ1) is 35.2. The zero-order valence-electron chi connectivity index (χ0n) is 38.7. The van der Waals surface area contributed by atoms with Crippen molar-refractivity contribution in [1.82, 2.24) is 4.57 Å². The molecule has 0 aliphatic rings. The van der Waals surface area contributed by atoms with E-state index in [1.54, 1.807) is 0 Å². The number of aromatic nitrogens is 1. The number of fused-ring (bicyclic) bond motifs is 9. The molecule has 0 atom stereocenters. The van der Waals surface area contributed by atoms with Gasteiger partial charge >= 0.3 is 0 Å². The molecule has 14 rings (SSSR count). The first-order valence-corrected chi connectivity index (χ1v) is 30.0. The maximum atomic E-state index is 2.60. The number of para-hydroxylation sites is 2. The molecule has 0 spiro atoms. The summed E-state index contributed by atoms with van der Waals surface area (Å²) in [5, 5.41) is 18.9. The molecule has 0 aliphatic heterocycles. The number of rotatable bonds is 9. The monoisotopic (exact) mass is 971 g/mol. The molecule has 0 N–H and O–H groups in total. The summed E-state index contributed by atoms with van der Waals surface area (Å²) in [5.41, 5.74) is 3.60. The molecule has 0 saturated heterocycles. The fourth-order valence-corrected chi connectivity index (χ4v) is 24.4. The Labute approximate surface area is 422 Å². The van der Waals surface area contributed by atoms with Crippen molar-refractivity contribution in [3.8, 4) is 5.69 Å². The fraction of sp³-hybridized carbons (Fsp3) is 0. The second kappa shape index (κ2) is 16.9. The van der Waals surface area contributed by atoms with Crippen molar-refractivity contribution in [2.75, 3.05) is 0 Å². The highest BCUT2D eigenvalue weighted by Crippen LogP contribution is 2.37. The molecule has 5 heteroatoms. The molecule has 0 fully saturated rings. The summed E-state index contributed by atoms with van der Waals surface area (Å²) in [7, 11) is -5.90. The Bertz CT molecular complexity index is 4140. The third-order valence-electron chi connectivity index (χ3n) is 15.1. The maximum absolute atomic E-state index is 2.95. The van der Waals surface area contributed by atoms with Gasteiger partial charge in [-0.25, -0.2) is 0 Å². The largest absolute Gasteiger partial charge is 0.309 e. The third kappa shape index (κ3) is 6.41. The number of hydrogen-bond acceptors (Lipinski definition) is 2. The third-order valence-corrected chi connectivity index (χ3v) is 27.2. The first-order valence-electron chi connectivity index (χ1n) is 24.4. The summed E-state index contributed by atoms with van der Waals surface area (Å²) >= 11 is 3.86. The zero-order valence-corrected chi connectivity index (χ0v) is 42.4. The fourth-order valence-electron chi connectivity index (χ4n) is 12.1. The molecule has 1 nitrogen and oxygen atoms in total. The molecule has 71 heavy (non-hydrogen) atoms. The quantitative estimate of drug-likeness (QED) is 0.100. The van der Waals surface area contributed by atoms with Crippen LogP contribution in [0.5, 0.6) is 0 Å². The van der Waals surface area contributed by atoms with Crippen molar-refractivity contribution in [2.45, 2.75) is 0 Å². The van der Waals surface area contributed by atoms with E-state index in [1.807, 2.05) is 22.7 Å². The van der Waals surface area contributed by atoms with Gasteiger partial charge in [-0.3, -0.25) is 0 Å². The van der Waals surface area contributed by atoms with Crippen LogP contribution < -0.4 is 41.5 Å². The lowest BCUT2D eigenvalue weighted by Gasteiger charge is -2.35. The number of hydrogen-bond donors (Lipinski definition) is 0. The summed E-state index contributed by atoms with van der Waals surface area (Å²) in [4.78, 5) is 0. The van der Waals surface area contributed by atoms with Crippen LogP contribution in [0.3, 0.4) is 0 Å². The average molecular weight is 972 g/mol. The van der Waals surface area contributed by atoms with Crippen LogP contribution in [0.2, 0.25) is 0 Å². The van der Waals surface area contributed by atoms with E-state index in [2.05, 4.69) is 278 Å². The molecule has 0 saturated carbocycles. The molecular formula is C66H45NS2Si2. The molecule has 11 aromatic carbocycles. The molecule has 0 aliphatic carbocycles. The highest BCUT2D eigenvalue weighted by molar-refractivity contribution is 7.31. The van der Waals surface area contributed by atoms with E-state index >= 15 is 0 Å². The van der Waals surface area contributed by atoms with Gasteiger partial charge in [0.05, 0.1) is 11.0 Å². The summed E-state index contributed by atoms with van der Waals surface area (Å²) in [6.07, 6.45) is 0. The van der Waals surface area contributed by atoms with Gasteiger partial charge < -0.3 is 4.57 Å². The van der Waals surface area contributed by atoms with E-state index in [4.69, 9.17) is 0 Å². The number of thiophene rings is 2. The lowest BCUT2D eigenvalue weighted by atomic mass is 10.1. The van der Waals surface area contributed by atoms with Gasteiger partial charge in [0, 0.05) is 56.8 Å². The summed E-state index contributed by atoms with van der Waals surface area (Å²) < 4.78 is 7.77. The van der Waals surface area contributed by atoms with Crippen LogP contribution in [-0.2, 0) is 0 Å². The van der Waals surface area contributed by atoms with Gasteiger partial charge in [0.1, 0.15) is 0 Å². The van der Waals surface area contributed by atoms with Gasteiger partial charge in [0.15, 0.2) is 16.1 Å². The number of benzene rings is 11. The van der Waals surface area contributed by atoms with Gasteiger partial charge in [-0.15, -0.1) is 22.7 Å². The van der Waals surface area contributed by atoms with Crippen LogP contribution in [-0.4, -0.2) is 20.7 Å². The lowest BCUT2D eigenvalue weighted by molar-refractivity contribution is 1.18. The van der Waals surface area contributed by atoms with Gasteiger partial charge in [-0.2, -0.15) is 0 Å². The van der Waals surface area contributed by atoms with Gasteiger partial charge in [-0.1, -0.05) is 231 Å². The number of nitrogens with zero attached hydrogens (tertiary/aromatic N) is 1. The minimum absolute atomic E-state index is 1.16. The standard InChI is InChI=1S/C66H45NS2Si2/c1-5-20-47(21-6-1)70(48-22-7-2-8-23-48,51-38-36-46(37-39-51)67-60-32-16-13-28-54(60)55-29-14-17-33-61(55)67)52-40-42-63-58(44-52)59-45-53(41-43-64(59)68-63)71(49-24-9-3-10-25-49,50-26-11-4-12-27-50)65-35-19-31-57-56-30-15-18-34-62(56)69-66(57)65/h1-45H. The normalized spacial score (nSPS) is 12.2. The van der Waals surface area contributed by atoms with Crippen LogP contribution in [0.15, 0.2) is 273 Å². The van der Waals surface area contributed by atoms with Gasteiger partial charge in [-0.05, 0) is 84.0 Å². The minimum atomic E-state index is -2.95. The Hall–Kier alpha value is -7.91. The molecule has 3 aromatic heterocycles. The van der Waals surface area contributed by atoms with E-state index in [0.29, 0.717) is 0 Å². The Balaban J connectivity index is 1.02. The summed E-state index contributed by atoms with van der Waals surface area (Å²) in [6, 6.07) is 104. The first kappa shape index (κ1) is 42.0. The van der Waals surface area contributed by atoms with E-state index < -0.39 is 16.1 Å². The Morgan fingerprint density at radius 3 is 1.18 bits per heavy atom. The van der Waals surface area contributed by atoms with Crippen molar-refractivity contribution < 1.29 is 0 Å². The van der Waals surface area contributed by atoms with E-state index in [9.17, 15) is 0 Å². The van der Waals surface area contributed by atoms with Crippen molar-refractivity contribution >= 4 is 142 Å². The minimum Gasteiger partial charge on any atom is -0.309 e. The highest BCUT2D eigenvalue weighted by Gasteiger charge is 2.44. The molecule has 3 heterocycles. The topological polar surface area (TPSA) is 4.93 Å². The summed E-state index contributed by atoms with van der Waals surface area (Å²) in [6.45, 7) is 0. The van der Waals surface area contributed by atoms with Crippen molar-refractivity contribution in [3.05, 3.63) is 273 Å². The van der Waals surface area contributed by atoms with Crippen LogP contribution in [0.4, 0.5) is 0 Å². The van der Waals surface area contributed by atoms with Crippen molar-refractivity contribution in [3.63, 3.8) is 0 Å². The average Bonchev–Trinajstić information content (AvgIpc) is 4.13. The lowest BCUT2D eigenvalue weighted by Crippen LogP contribution is -2.74. The maximum Gasteiger partial charge on any atom is 0.181 e. The zero-order chi connectivity index (χ0) is 46.9. The van der Waals surface area contributed by atoms with Crippen LogP contribution in [0.1, 0.15) is 0 Å². The second-order valence-corrected chi connectivity index (χ2v) is 28.4. The second-order valence-electron chi connectivity index (χ2n) is 18.7. The molecule has 0 radical (unpaired) electrons. The molecule has 0 amide bonds. The van der Waals surface area contributed by atoms with Gasteiger partial charge in [0.25, 0.3) is 0 Å². The van der Waals surface area contributed by atoms with Crippen molar-refractivity contribution in [1.29, 1.82) is 0 Å². The van der Waals surface area contributed by atoms with Crippen molar-refractivity contribution in [2.24, 2.45) is 0 Å². The summed E-state index contributed by atoms with van der Waals surface area (Å²) in [5.74, 6) is 0. The Morgan fingerprint density at radius 1 is 0.254 bits per heavy atom. The molecule has 0 unspecified atom stereocenters. The molecular weight excluding hydrogens is 927 g/mol. The Kier molecular flexibility index (Phi) is 10.0. The van der Waals surface area contributed by atoms with Crippen LogP contribution >= 0.6 is 22.7 Å². The predicted octanol–water partition coefficient (Wildman–Crippen LogP) is 12.3. The molecule has 14 aromatic rings. The SMILES string of the molecule is c1ccc([Si](c2ccccc2)(c2ccc(-n3c4ccccc4c4ccccc43)cc2)c2ccc3sc4ccc([Si](c5ccccc5)(c5ccccc5)c5cccc6c5sc5ccccc56)cc4c3c2)cc1. The van der Waals surface area contributed by atoms with E-state index in [1.165, 1.54) is 104 Å². The Morgan fingerprint density at radius 2 is 0.648 bits per heavy atom. The van der Waals surface area contributed by atoms with Gasteiger partial charge in [0.2, 0.25) is 0 Å². The van der Waals surface area contributed by atoms with E-state index in [0.717, 1.165) is 5.69 Å².